The van der Waals surface area contributed by atoms with Crippen LogP contribution in [0.15, 0.2) is 23.6 Å². The van der Waals surface area contributed by atoms with E-state index in [1.165, 1.54) is 21.8 Å². The Morgan fingerprint density at radius 1 is 1.33 bits per heavy atom. The summed E-state index contributed by atoms with van der Waals surface area (Å²) >= 11 is 1.79. The fourth-order valence-electron chi connectivity index (χ4n) is 1.92. The molecule has 15 heavy (non-hydrogen) atoms. The van der Waals surface area contributed by atoms with Gasteiger partial charge in [0.15, 0.2) is 0 Å². The fourth-order valence-corrected chi connectivity index (χ4v) is 2.62. The van der Waals surface area contributed by atoms with Crippen LogP contribution in [-0.4, -0.2) is 11.5 Å². The molecular weight excluding hydrogens is 228 g/mol. The van der Waals surface area contributed by atoms with Crippen LogP contribution in [0.3, 0.4) is 0 Å². The third-order valence-electron chi connectivity index (χ3n) is 2.65. The highest BCUT2D eigenvalue weighted by Gasteiger charge is 2.12. The van der Waals surface area contributed by atoms with E-state index in [0.717, 1.165) is 19.5 Å². The maximum atomic E-state index is 3.51. The van der Waals surface area contributed by atoms with Crippen molar-refractivity contribution in [2.24, 2.45) is 0 Å². The number of aromatic amines is 1. The summed E-state index contributed by atoms with van der Waals surface area (Å²) in [5.74, 6) is 0. The van der Waals surface area contributed by atoms with Crippen molar-refractivity contribution in [3.63, 3.8) is 0 Å². The number of hydrogen-bond acceptors (Lipinski definition) is 2. The quantitative estimate of drug-likeness (QED) is 0.788. The Kier molecular flexibility index (Phi) is 3.14. The van der Waals surface area contributed by atoms with E-state index in [9.17, 15) is 0 Å². The van der Waals surface area contributed by atoms with Crippen LogP contribution in [0.2, 0.25) is 0 Å². The molecule has 3 heterocycles. The first-order valence-electron chi connectivity index (χ1n) is 4.89. The zero-order chi connectivity index (χ0) is 9.38. The van der Waals surface area contributed by atoms with Crippen LogP contribution in [0.4, 0.5) is 0 Å². The summed E-state index contributed by atoms with van der Waals surface area (Å²) < 4.78 is 0. The topological polar surface area (TPSA) is 27.8 Å². The van der Waals surface area contributed by atoms with Gasteiger partial charge in [-0.15, -0.1) is 23.7 Å². The standard InChI is InChI=1S/C11H12N2S.ClH/c1-2-11(14-5-1)10-6-8-7-12-4-3-9(8)13-10;/h1-2,5-6,12-13H,3-4,7H2;1H. The van der Waals surface area contributed by atoms with Crippen molar-refractivity contribution in [1.82, 2.24) is 10.3 Å². The van der Waals surface area contributed by atoms with Gasteiger partial charge >= 0.3 is 0 Å². The minimum Gasteiger partial charge on any atom is -0.357 e. The monoisotopic (exact) mass is 240 g/mol. The van der Waals surface area contributed by atoms with Gasteiger partial charge in [-0.05, 0) is 23.1 Å². The minimum absolute atomic E-state index is 0. The molecule has 0 radical (unpaired) electrons. The Morgan fingerprint density at radius 2 is 2.27 bits per heavy atom. The Bertz CT molecular complexity index is 410. The average Bonchev–Trinajstić information content (AvgIpc) is 2.86. The first-order chi connectivity index (χ1) is 6.93. The van der Waals surface area contributed by atoms with Crippen LogP contribution in [0, 0.1) is 0 Å². The van der Waals surface area contributed by atoms with Gasteiger partial charge in [0, 0.05) is 25.2 Å². The van der Waals surface area contributed by atoms with Crippen molar-refractivity contribution in [2.45, 2.75) is 13.0 Å². The van der Waals surface area contributed by atoms with Gasteiger partial charge in [-0.3, -0.25) is 0 Å². The second-order valence-corrected chi connectivity index (χ2v) is 4.54. The predicted molar refractivity (Wildman–Crippen MR) is 66.8 cm³/mol. The molecule has 1 aliphatic rings. The minimum atomic E-state index is 0. The van der Waals surface area contributed by atoms with Crippen molar-refractivity contribution in [3.05, 3.63) is 34.8 Å². The Morgan fingerprint density at radius 3 is 3.00 bits per heavy atom. The van der Waals surface area contributed by atoms with E-state index in [1.807, 2.05) is 0 Å². The van der Waals surface area contributed by atoms with E-state index in [1.54, 1.807) is 11.3 Å². The molecule has 2 nitrogen and oxygen atoms in total. The number of H-pyrrole nitrogens is 1. The maximum Gasteiger partial charge on any atom is 0.0560 e. The number of hydrogen-bond donors (Lipinski definition) is 2. The Labute approximate surface area is 99.1 Å². The number of fused-ring (bicyclic) bond motifs is 1. The van der Waals surface area contributed by atoms with Crippen LogP contribution in [-0.2, 0) is 13.0 Å². The van der Waals surface area contributed by atoms with E-state index in [4.69, 9.17) is 0 Å². The zero-order valence-corrected chi connectivity index (χ0v) is 9.88. The van der Waals surface area contributed by atoms with Gasteiger partial charge in [0.25, 0.3) is 0 Å². The van der Waals surface area contributed by atoms with Crippen molar-refractivity contribution in [3.8, 4) is 10.6 Å². The lowest BCUT2D eigenvalue weighted by atomic mass is 10.1. The molecule has 3 rings (SSSR count). The highest BCUT2D eigenvalue weighted by molar-refractivity contribution is 7.13. The second kappa shape index (κ2) is 4.39. The third kappa shape index (κ3) is 1.95. The fraction of sp³-hybridized carbons (Fsp3) is 0.273. The molecule has 0 spiro atoms. The highest BCUT2D eigenvalue weighted by atomic mass is 35.5. The summed E-state index contributed by atoms with van der Waals surface area (Å²) in [5, 5.41) is 5.50. The van der Waals surface area contributed by atoms with Crippen molar-refractivity contribution < 1.29 is 0 Å². The number of aromatic nitrogens is 1. The summed E-state index contributed by atoms with van der Waals surface area (Å²) in [6.07, 6.45) is 1.13. The van der Waals surface area contributed by atoms with Crippen LogP contribution >= 0.6 is 23.7 Å². The molecule has 0 unspecified atom stereocenters. The molecule has 2 aromatic rings. The second-order valence-electron chi connectivity index (χ2n) is 3.59. The molecule has 0 amide bonds. The van der Waals surface area contributed by atoms with E-state index in [-0.39, 0.29) is 12.4 Å². The number of halogens is 1. The average molecular weight is 241 g/mol. The Hall–Kier alpha value is -0.770. The molecule has 2 aromatic heterocycles. The van der Waals surface area contributed by atoms with E-state index < -0.39 is 0 Å². The largest absolute Gasteiger partial charge is 0.357 e. The summed E-state index contributed by atoms with van der Waals surface area (Å²) in [6, 6.07) is 6.53. The molecule has 80 valence electrons. The van der Waals surface area contributed by atoms with Gasteiger partial charge in [-0.2, -0.15) is 0 Å². The van der Waals surface area contributed by atoms with E-state index in [0.29, 0.717) is 0 Å². The van der Waals surface area contributed by atoms with Crippen molar-refractivity contribution >= 4 is 23.7 Å². The molecule has 0 saturated carbocycles. The van der Waals surface area contributed by atoms with Gasteiger partial charge in [0.05, 0.1) is 10.6 Å². The predicted octanol–water partition coefficient (Wildman–Crippen LogP) is 2.81. The van der Waals surface area contributed by atoms with Crippen LogP contribution < -0.4 is 5.32 Å². The zero-order valence-electron chi connectivity index (χ0n) is 8.25. The lowest BCUT2D eigenvalue weighted by Gasteiger charge is -2.11. The summed E-state index contributed by atoms with van der Waals surface area (Å²) in [5.41, 5.74) is 4.11. The van der Waals surface area contributed by atoms with Crippen LogP contribution in [0.25, 0.3) is 10.6 Å². The van der Waals surface area contributed by atoms with Gasteiger partial charge in [0.2, 0.25) is 0 Å². The summed E-state index contributed by atoms with van der Waals surface area (Å²) in [6.45, 7) is 2.11. The molecule has 2 N–H and O–H groups in total. The molecule has 0 aliphatic carbocycles. The normalized spacial score (nSPS) is 14.4. The molecule has 0 saturated heterocycles. The number of nitrogens with one attached hydrogen (secondary N) is 2. The van der Waals surface area contributed by atoms with Gasteiger partial charge in [0.1, 0.15) is 0 Å². The van der Waals surface area contributed by atoms with Crippen LogP contribution in [0.5, 0.6) is 0 Å². The Balaban J connectivity index is 0.000000853. The smallest absolute Gasteiger partial charge is 0.0560 e. The maximum absolute atomic E-state index is 3.51. The molecule has 0 fully saturated rings. The first kappa shape index (κ1) is 10.7. The molecule has 1 aliphatic heterocycles. The van der Waals surface area contributed by atoms with Gasteiger partial charge < -0.3 is 10.3 Å². The number of rotatable bonds is 1. The van der Waals surface area contributed by atoms with Crippen LogP contribution in [0.1, 0.15) is 11.3 Å². The van der Waals surface area contributed by atoms with Crippen molar-refractivity contribution in [2.75, 3.05) is 6.54 Å². The first-order valence-corrected chi connectivity index (χ1v) is 5.77. The van der Waals surface area contributed by atoms with Gasteiger partial charge in [-0.25, -0.2) is 0 Å². The van der Waals surface area contributed by atoms with E-state index in [2.05, 4.69) is 33.9 Å². The third-order valence-corrected chi connectivity index (χ3v) is 3.55. The molecular formula is C11H13ClN2S. The lowest BCUT2D eigenvalue weighted by Crippen LogP contribution is -2.22. The molecule has 0 aromatic carbocycles. The molecule has 0 atom stereocenters. The SMILES string of the molecule is Cl.c1csc(-c2cc3c([nH]2)CCNC3)c1. The lowest BCUT2D eigenvalue weighted by molar-refractivity contribution is 0.638. The van der Waals surface area contributed by atoms with Crippen molar-refractivity contribution in [1.29, 1.82) is 0 Å². The number of thiophene rings is 1. The summed E-state index contributed by atoms with van der Waals surface area (Å²) in [7, 11) is 0. The summed E-state index contributed by atoms with van der Waals surface area (Å²) in [4.78, 5) is 4.84. The van der Waals surface area contributed by atoms with Gasteiger partial charge in [-0.1, -0.05) is 6.07 Å². The molecule has 4 heteroatoms. The molecule has 0 bridgehead atoms. The highest BCUT2D eigenvalue weighted by Crippen LogP contribution is 2.27. The van der Waals surface area contributed by atoms with E-state index >= 15 is 0 Å².